The monoisotopic (exact) mass is 475 g/mol. The highest BCUT2D eigenvalue weighted by atomic mass is 35.5. The standard InChI is InChI=1S/C26H22ClN3O2S/c1-3-15-30-25(31)23(33-26(30)29-24-10-6-7-18(2)28-24)16-19-11-13-21(14-12-19)32-17-20-8-4-5-9-22(20)27/h3-14,16H,1,15,17H2,2H3/b23-16-,29-26+. The van der Waals surface area contributed by atoms with E-state index in [1.165, 1.54) is 11.8 Å². The molecular weight excluding hydrogens is 454 g/mol. The average Bonchev–Trinajstić information content (AvgIpc) is 3.09. The lowest BCUT2D eigenvalue weighted by Gasteiger charge is -2.12. The number of amidine groups is 1. The molecule has 1 aromatic heterocycles. The minimum atomic E-state index is -0.106. The summed E-state index contributed by atoms with van der Waals surface area (Å²) in [5.41, 5.74) is 2.69. The molecule has 0 aliphatic carbocycles. The number of hydrogen-bond donors (Lipinski definition) is 0. The van der Waals surface area contributed by atoms with E-state index in [9.17, 15) is 4.79 Å². The van der Waals surface area contributed by atoms with Crippen LogP contribution in [0.5, 0.6) is 5.75 Å². The Labute approximate surface area is 202 Å². The van der Waals surface area contributed by atoms with Gasteiger partial charge in [0.2, 0.25) is 0 Å². The van der Waals surface area contributed by atoms with Crippen molar-refractivity contribution in [1.29, 1.82) is 0 Å². The molecule has 3 aromatic rings. The van der Waals surface area contributed by atoms with Gasteiger partial charge in [0.05, 0.1) is 4.91 Å². The van der Waals surface area contributed by atoms with Crippen molar-refractivity contribution in [3.05, 3.63) is 106 Å². The molecular formula is C26H22ClN3O2S. The highest BCUT2D eigenvalue weighted by molar-refractivity contribution is 8.18. The third-order valence-corrected chi connectivity index (χ3v) is 6.19. The lowest BCUT2D eigenvalue weighted by atomic mass is 10.2. The van der Waals surface area contributed by atoms with Gasteiger partial charge in [-0.1, -0.05) is 54.1 Å². The number of pyridine rings is 1. The molecule has 5 nitrogen and oxygen atoms in total. The van der Waals surface area contributed by atoms with Crippen molar-refractivity contribution < 1.29 is 9.53 Å². The van der Waals surface area contributed by atoms with Gasteiger partial charge in [0.15, 0.2) is 11.0 Å². The van der Waals surface area contributed by atoms with Crippen LogP contribution in [0.4, 0.5) is 5.82 Å². The second-order valence-electron chi connectivity index (χ2n) is 7.30. The molecule has 1 aliphatic rings. The van der Waals surface area contributed by atoms with E-state index in [0.717, 1.165) is 22.6 Å². The summed E-state index contributed by atoms with van der Waals surface area (Å²) in [4.78, 5) is 24.2. The number of benzene rings is 2. The summed E-state index contributed by atoms with van der Waals surface area (Å²) in [6.07, 6.45) is 3.54. The second-order valence-corrected chi connectivity index (χ2v) is 8.71. The van der Waals surface area contributed by atoms with E-state index in [2.05, 4.69) is 16.6 Å². The zero-order valence-electron chi connectivity index (χ0n) is 18.1. The molecule has 1 aliphatic heterocycles. The molecule has 166 valence electrons. The van der Waals surface area contributed by atoms with Gasteiger partial charge in [0, 0.05) is 22.8 Å². The number of aromatic nitrogens is 1. The molecule has 4 rings (SSSR count). The van der Waals surface area contributed by atoms with Crippen molar-refractivity contribution in [2.75, 3.05) is 6.54 Å². The minimum absolute atomic E-state index is 0.106. The van der Waals surface area contributed by atoms with Crippen molar-refractivity contribution in [3.8, 4) is 5.75 Å². The summed E-state index contributed by atoms with van der Waals surface area (Å²) in [5, 5.41) is 1.27. The number of aliphatic imine (C=N–C) groups is 1. The Morgan fingerprint density at radius 1 is 1.12 bits per heavy atom. The zero-order valence-corrected chi connectivity index (χ0v) is 19.6. The summed E-state index contributed by atoms with van der Waals surface area (Å²) in [6.45, 7) is 6.43. The molecule has 1 saturated heterocycles. The lowest BCUT2D eigenvalue weighted by Crippen LogP contribution is -2.29. The molecule has 0 radical (unpaired) electrons. The third kappa shape index (κ3) is 5.72. The van der Waals surface area contributed by atoms with E-state index in [-0.39, 0.29) is 5.91 Å². The van der Waals surface area contributed by atoms with Crippen LogP contribution in [0.15, 0.2) is 89.3 Å². The van der Waals surface area contributed by atoms with E-state index in [4.69, 9.17) is 16.3 Å². The van der Waals surface area contributed by atoms with Gasteiger partial charge in [-0.05, 0) is 60.7 Å². The SMILES string of the molecule is C=CCN1C(=O)/C(=C/c2ccc(OCc3ccccc3Cl)cc2)S/C1=N/c1cccc(C)n1. The number of hydrogen-bond acceptors (Lipinski definition) is 5. The van der Waals surface area contributed by atoms with Crippen LogP contribution < -0.4 is 4.74 Å². The van der Waals surface area contributed by atoms with Gasteiger partial charge in [-0.15, -0.1) is 6.58 Å². The molecule has 7 heteroatoms. The Morgan fingerprint density at radius 2 is 1.91 bits per heavy atom. The number of amides is 1. The maximum absolute atomic E-state index is 13.0. The molecule has 0 bridgehead atoms. The fourth-order valence-corrected chi connectivity index (χ4v) is 4.34. The van der Waals surface area contributed by atoms with Crippen LogP contribution in [-0.4, -0.2) is 27.5 Å². The van der Waals surface area contributed by atoms with E-state index in [1.807, 2.05) is 79.7 Å². The fraction of sp³-hybridized carbons (Fsp3) is 0.115. The third-order valence-electron chi connectivity index (χ3n) is 4.81. The number of aryl methyl sites for hydroxylation is 1. The van der Waals surface area contributed by atoms with Gasteiger partial charge in [-0.2, -0.15) is 0 Å². The van der Waals surface area contributed by atoms with Crippen molar-refractivity contribution >= 4 is 46.3 Å². The molecule has 2 aromatic carbocycles. The Hall–Kier alpha value is -3.35. The molecule has 33 heavy (non-hydrogen) atoms. The van der Waals surface area contributed by atoms with E-state index < -0.39 is 0 Å². The first kappa shape index (κ1) is 22.8. The van der Waals surface area contributed by atoms with Crippen molar-refractivity contribution in [3.63, 3.8) is 0 Å². The number of carbonyl (C=O) groups excluding carboxylic acids is 1. The Balaban J connectivity index is 1.50. The van der Waals surface area contributed by atoms with Crippen LogP contribution in [0.3, 0.4) is 0 Å². The highest BCUT2D eigenvalue weighted by Crippen LogP contribution is 2.34. The first-order valence-corrected chi connectivity index (χ1v) is 11.5. The van der Waals surface area contributed by atoms with Crippen LogP contribution in [0.25, 0.3) is 6.08 Å². The van der Waals surface area contributed by atoms with Gasteiger partial charge >= 0.3 is 0 Å². The minimum Gasteiger partial charge on any atom is -0.489 e. The summed E-state index contributed by atoms with van der Waals surface area (Å²) in [7, 11) is 0. The molecule has 0 saturated carbocycles. The predicted octanol–water partition coefficient (Wildman–Crippen LogP) is 6.41. The van der Waals surface area contributed by atoms with Crippen LogP contribution >= 0.6 is 23.4 Å². The van der Waals surface area contributed by atoms with E-state index in [0.29, 0.717) is 34.1 Å². The number of thioether (sulfide) groups is 1. The number of ether oxygens (including phenoxy) is 1. The Morgan fingerprint density at radius 3 is 2.64 bits per heavy atom. The predicted molar refractivity (Wildman–Crippen MR) is 136 cm³/mol. The molecule has 0 spiro atoms. The average molecular weight is 476 g/mol. The van der Waals surface area contributed by atoms with Gasteiger partial charge in [0.1, 0.15) is 12.4 Å². The van der Waals surface area contributed by atoms with Gasteiger partial charge in [-0.25, -0.2) is 9.98 Å². The van der Waals surface area contributed by atoms with Crippen molar-refractivity contribution in [1.82, 2.24) is 9.88 Å². The highest BCUT2D eigenvalue weighted by Gasteiger charge is 2.32. The van der Waals surface area contributed by atoms with E-state index in [1.54, 1.807) is 11.0 Å². The van der Waals surface area contributed by atoms with Crippen LogP contribution in [0, 0.1) is 6.92 Å². The number of nitrogens with zero attached hydrogens (tertiary/aromatic N) is 3. The largest absolute Gasteiger partial charge is 0.489 e. The quantitative estimate of drug-likeness (QED) is 0.292. The van der Waals surface area contributed by atoms with Crippen LogP contribution in [-0.2, 0) is 11.4 Å². The van der Waals surface area contributed by atoms with Gasteiger partial charge in [0.25, 0.3) is 5.91 Å². The molecule has 0 unspecified atom stereocenters. The zero-order chi connectivity index (χ0) is 23.2. The van der Waals surface area contributed by atoms with Crippen molar-refractivity contribution in [2.45, 2.75) is 13.5 Å². The molecule has 2 heterocycles. The molecule has 1 amide bonds. The van der Waals surface area contributed by atoms with Gasteiger partial charge < -0.3 is 4.74 Å². The normalized spacial score (nSPS) is 15.9. The first-order chi connectivity index (χ1) is 16.0. The van der Waals surface area contributed by atoms with E-state index >= 15 is 0 Å². The van der Waals surface area contributed by atoms with Gasteiger partial charge in [-0.3, -0.25) is 9.69 Å². The molecule has 0 atom stereocenters. The summed E-state index contributed by atoms with van der Waals surface area (Å²) in [5.74, 6) is 1.19. The van der Waals surface area contributed by atoms with Crippen molar-refractivity contribution in [2.24, 2.45) is 4.99 Å². The van der Waals surface area contributed by atoms with Crippen LogP contribution in [0.1, 0.15) is 16.8 Å². The summed E-state index contributed by atoms with van der Waals surface area (Å²) >= 11 is 7.51. The molecule has 1 fully saturated rings. The smallest absolute Gasteiger partial charge is 0.267 e. The fourth-order valence-electron chi connectivity index (χ4n) is 3.16. The maximum Gasteiger partial charge on any atom is 0.267 e. The maximum atomic E-state index is 13.0. The summed E-state index contributed by atoms with van der Waals surface area (Å²) in [6, 6.07) is 20.8. The number of halogens is 1. The topological polar surface area (TPSA) is 54.8 Å². The molecule has 0 N–H and O–H groups in total. The number of rotatable bonds is 7. The second kappa shape index (κ2) is 10.5. The summed E-state index contributed by atoms with van der Waals surface area (Å²) < 4.78 is 5.84. The first-order valence-electron chi connectivity index (χ1n) is 10.3. The lowest BCUT2D eigenvalue weighted by molar-refractivity contribution is -0.121. The Bertz CT molecular complexity index is 1240. The van der Waals surface area contributed by atoms with Crippen LogP contribution in [0.2, 0.25) is 5.02 Å². The number of carbonyl (C=O) groups is 1. The Kier molecular flexibility index (Phi) is 7.27.